The van der Waals surface area contributed by atoms with Gasteiger partial charge >= 0.3 is 0 Å². The van der Waals surface area contributed by atoms with Crippen LogP contribution in [0.25, 0.3) is 0 Å². The molecule has 1 aliphatic heterocycles. The van der Waals surface area contributed by atoms with Crippen LogP contribution >= 0.6 is 11.8 Å². The maximum absolute atomic E-state index is 13.9. The second kappa shape index (κ2) is 10.1. The summed E-state index contributed by atoms with van der Waals surface area (Å²) in [4.78, 5) is 12.7. The van der Waals surface area contributed by atoms with Crippen molar-refractivity contribution >= 4 is 17.7 Å². The average molecular weight is 472 g/mol. The molecule has 0 saturated heterocycles. The van der Waals surface area contributed by atoms with Crippen molar-refractivity contribution < 1.29 is 18.7 Å². The van der Waals surface area contributed by atoms with Crippen molar-refractivity contribution in [2.45, 2.75) is 31.5 Å². The van der Waals surface area contributed by atoms with E-state index in [1.807, 2.05) is 32.0 Å². The lowest BCUT2D eigenvalue weighted by Gasteiger charge is -2.25. The Balaban J connectivity index is 1.38. The van der Waals surface area contributed by atoms with Crippen molar-refractivity contribution in [2.75, 3.05) is 24.8 Å². The molecule has 2 aromatic carbocycles. The molecule has 3 N–H and O–H groups in total. The molecule has 0 bridgehead atoms. The maximum Gasteiger partial charge on any atom is 0.230 e. The quantitative estimate of drug-likeness (QED) is 0.384. The Morgan fingerprint density at radius 2 is 1.94 bits per heavy atom. The number of nitrogens with zero attached hydrogens (tertiary/aromatic N) is 3. The molecule has 1 aliphatic rings. The van der Waals surface area contributed by atoms with Gasteiger partial charge in [0.15, 0.2) is 17.3 Å². The summed E-state index contributed by atoms with van der Waals surface area (Å²) in [5.74, 6) is 7.68. The van der Waals surface area contributed by atoms with Gasteiger partial charge in [-0.3, -0.25) is 4.79 Å². The van der Waals surface area contributed by atoms with E-state index in [2.05, 4.69) is 15.5 Å². The van der Waals surface area contributed by atoms with Gasteiger partial charge in [-0.1, -0.05) is 49.9 Å². The molecule has 1 aromatic heterocycles. The summed E-state index contributed by atoms with van der Waals surface area (Å²) in [6, 6.07) is 12.0. The summed E-state index contributed by atoms with van der Waals surface area (Å²) in [7, 11) is 0. The largest absolute Gasteiger partial charge is 0.486 e. The minimum absolute atomic E-state index is 0.114. The number of benzene rings is 2. The molecule has 1 atom stereocenters. The van der Waals surface area contributed by atoms with Gasteiger partial charge in [-0.05, 0) is 35.2 Å². The van der Waals surface area contributed by atoms with Crippen molar-refractivity contribution in [3.8, 4) is 11.5 Å². The van der Waals surface area contributed by atoms with Crippen molar-refractivity contribution in [3.63, 3.8) is 0 Å². The fourth-order valence-electron chi connectivity index (χ4n) is 3.57. The minimum Gasteiger partial charge on any atom is -0.486 e. The highest BCUT2D eigenvalue weighted by atomic mass is 32.2. The summed E-state index contributed by atoms with van der Waals surface area (Å²) < 4.78 is 26.5. The number of nitrogens with two attached hydrogens (primary N) is 1. The molecular weight excluding hydrogens is 445 g/mol. The standard InChI is InChI=1S/C23H26FN5O3S/c1-14(2)22(16-7-8-18-19(11-16)32-10-9-31-18)26-21(30)13-33-23-28-27-20(29(23)25)12-15-5-3-4-6-17(15)24/h3-8,11,14,22H,9-10,12-13,25H2,1-2H3,(H,26,30)/t22-/m1/s1. The third kappa shape index (κ3) is 5.39. The number of hydrogen-bond donors (Lipinski definition) is 2. The van der Waals surface area contributed by atoms with Crippen molar-refractivity contribution in [1.82, 2.24) is 20.2 Å². The van der Waals surface area contributed by atoms with Gasteiger partial charge in [0.25, 0.3) is 0 Å². The molecule has 0 unspecified atom stereocenters. The molecule has 0 fully saturated rings. The molecule has 1 amide bonds. The van der Waals surface area contributed by atoms with E-state index in [0.29, 0.717) is 41.3 Å². The van der Waals surface area contributed by atoms with Gasteiger partial charge in [0.1, 0.15) is 19.0 Å². The van der Waals surface area contributed by atoms with Gasteiger partial charge < -0.3 is 20.6 Å². The van der Waals surface area contributed by atoms with Crippen molar-refractivity contribution in [3.05, 3.63) is 65.2 Å². The van der Waals surface area contributed by atoms with Gasteiger partial charge in [-0.25, -0.2) is 9.07 Å². The third-order valence-electron chi connectivity index (χ3n) is 5.28. The Morgan fingerprint density at radius 1 is 1.18 bits per heavy atom. The summed E-state index contributed by atoms with van der Waals surface area (Å²) in [5.41, 5.74) is 1.42. The minimum atomic E-state index is -0.326. The molecule has 0 saturated carbocycles. The first kappa shape index (κ1) is 22.9. The van der Waals surface area contributed by atoms with E-state index in [1.54, 1.807) is 18.2 Å². The first-order chi connectivity index (χ1) is 15.9. The lowest BCUT2D eigenvalue weighted by atomic mass is 9.95. The number of aromatic nitrogens is 3. The van der Waals surface area contributed by atoms with Crippen LogP contribution in [-0.4, -0.2) is 39.7 Å². The van der Waals surface area contributed by atoms with Gasteiger partial charge in [0, 0.05) is 6.42 Å². The van der Waals surface area contributed by atoms with E-state index in [9.17, 15) is 9.18 Å². The first-order valence-corrected chi connectivity index (χ1v) is 11.7. The number of amides is 1. The highest BCUT2D eigenvalue weighted by Crippen LogP contribution is 2.34. The van der Waals surface area contributed by atoms with Gasteiger partial charge in [0.2, 0.25) is 11.1 Å². The van der Waals surface area contributed by atoms with Gasteiger partial charge in [-0.2, -0.15) is 0 Å². The van der Waals surface area contributed by atoms with Crippen LogP contribution in [0.4, 0.5) is 4.39 Å². The van der Waals surface area contributed by atoms with E-state index < -0.39 is 0 Å². The number of fused-ring (bicyclic) bond motifs is 1. The number of rotatable bonds is 8. The Kier molecular flexibility index (Phi) is 7.02. The van der Waals surface area contributed by atoms with Crippen LogP contribution in [0.15, 0.2) is 47.6 Å². The predicted molar refractivity (Wildman–Crippen MR) is 123 cm³/mol. The van der Waals surface area contributed by atoms with E-state index in [0.717, 1.165) is 5.56 Å². The number of halogens is 1. The average Bonchev–Trinajstić information content (AvgIpc) is 3.16. The van der Waals surface area contributed by atoms with Crippen LogP contribution in [0.1, 0.15) is 36.8 Å². The summed E-state index contributed by atoms with van der Waals surface area (Å²) >= 11 is 1.18. The lowest BCUT2D eigenvalue weighted by molar-refractivity contribution is -0.119. The second-order valence-electron chi connectivity index (χ2n) is 8.02. The maximum atomic E-state index is 13.9. The van der Waals surface area contributed by atoms with Crippen LogP contribution in [-0.2, 0) is 11.2 Å². The smallest absolute Gasteiger partial charge is 0.230 e. The number of carbonyl (C=O) groups excluding carboxylic acids is 1. The van der Waals surface area contributed by atoms with Crippen molar-refractivity contribution in [1.29, 1.82) is 0 Å². The fourth-order valence-corrected chi connectivity index (χ4v) is 4.26. The molecule has 3 aromatic rings. The zero-order chi connectivity index (χ0) is 23.4. The summed E-state index contributed by atoms with van der Waals surface area (Å²) in [6.45, 7) is 5.12. The third-order valence-corrected chi connectivity index (χ3v) is 6.23. The topological polar surface area (TPSA) is 104 Å². The van der Waals surface area contributed by atoms with E-state index in [4.69, 9.17) is 15.3 Å². The highest BCUT2D eigenvalue weighted by molar-refractivity contribution is 7.99. The van der Waals surface area contributed by atoms with E-state index >= 15 is 0 Å². The predicted octanol–water partition coefficient (Wildman–Crippen LogP) is 3.10. The molecule has 0 aliphatic carbocycles. The zero-order valence-corrected chi connectivity index (χ0v) is 19.3. The molecule has 0 radical (unpaired) electrons. The molecule has 4 rings (SSSR count). The van der Waals surface area contributed by atoms with Crippen LogP contribution < -0.4 is 20.6 Å². The molecule has 10 heteroatoms. The summed E-state index contributed by atoms with van der Waals surface area (Å²) in [5, 5.41) is 11.6. The van der Waals surface area contributed by atoms with Gasteiger partial charge in [-0.15, -0.1) is 10.2 Å². The Morgan fingerprint density at radius 3 is 2.70 bits per heavy atom. The monoisotopic (exact) mass is 471 g/mol. The van der Waals surface area contributed by atoms with Crippen LogP contribution in [0.2, 0.25) is 0 Å². The molecule has 2 heterocycles. The number of nitrogen functional groups attached to an aromatic ring is 1. The number of carbonyl (C=O) groups is 1. The molecule has 8 nitrogen and oxygen atoms in total. The summed E-state index contributed by atoms with van der Waals surface area (Å²) in [6.07, 6.45) is 0.211. The zero-order valence-electron chi connectivity index (χ0n) is 18.5. The first-order valence-electron chi connectivity index (χ1n) is 10.7. The second-order valence-corrected chi connectivity index (χ2v) is 8.96. The molecular formula is C23H26FN5O3S. The molecule has 174 valence electrons. The Bertz CT molecular complexity index is 1140. The normalized spacial score (nSPS) is 13.7. The van der Waals surface area contributed by atoms with Gasteiger partial charge in [0.05, 0.1) is 11.8 Å². The van der Waals surface area contributed by atoms with E-state index in [1.165, 1.54) is 22.5 Å². The lowest BCUT2D eigenvalue weighted by Crippen LogP contribution is -2.33. The number of thioether (sulfide) groups is 1. The van der Waals surface area contributed by atoms with Crippen LogP contribution in [0.3, 0.4) is 0 Å². The molecule has 0 spiro atoms. The van der Waals surface area contributed by atoms with Crippen LogP contribution in [0, 0.1) is 11.7 Å². The van der Waals surface area contributed by atoms with Crippen molar-refractivity contribution in [2.24, 2.45) is 5.92 Å². The number of hydrogen-bond acceptors (Lipinski definition) is 7. The molecule has 33 heavy (non-hydrogen) atoms. The van der Waals surface area contributed by atoms with E-state index in [-0.39, 0.29) is 35.9 Å². The Hall–Kier alpha value is -3.27. The number of ether oxygens (including phenoxy) is 2. The SMILES string of the molecule is CC(C)[C@@H](NC(=O)CSc1nnc(Cc2ccccc2F)n1N)c1ccc2c(c1)OCCO2. The van der Waals surface area contributed by atoms with Crippen LogP contribution in [0.5, 0.6) is 11.5 Å². The fraction of sp³-hybridized carbons (Fsp3) is 0.348. The highest BCUT2D eigenvalue weighted by Gasteiger charge is 2.22. The Labute approximate surface area is 195 Å². The number of nitrogens with one attached hydrogen (secondary N) is 1.